The van der Waals surface area contributed by atoms with Crippen LogP contribution in [0.1, 0.15) is 74.5 Å². The van der Waals surface area contributed by atoms with Crippen LogP contribution < -0.4 is 5.73 Å². The number of rotatable bonds is 5. The van der Waals surface area contributed by atoms with Gasteiger partial charge in [0.15, 0.2) is 0 Å². The van der Waals surface area contributed by atoms with Crippen molar-refractivity contribution in [1.82, 2.24) is 0 Å². The van der Waals surface area contributed by atoms with Crippen molar-refractivity contribution in [1.29, 1.82) is 0 Å². The Kier molecular flexibility index (Phi) is 5.06. The molecule has 0 spiro atoms. The van der Waals surface area contributed by atoms with Crippen LogP contribution in [0.25, 0.3) is 0 Å². The van der Waals surface area contributed by atoms with E-state index >= 15 is 0 Å². The van der Waals surface area contributed by atoms with Gasteiger partial charge in [0.2, 0.25) is 0 Å². The van der Waals surface area contributed by atoms with E-state index in [0.29, 0.717) is 0 Å². The highest BCUT2D eigenvalue weighted by atomic mass is 32.2. The minimum absolute atomic E-state index is 0.206. The number of hydrogen-bond donors (Lipinski definition) is 1. The third kappa shape index (κ3) is 3.59. The van der Waals surface area contributed by atoms with Crippen LogP contribution in [0.2, 0.25) is 0 Å². The van der Waals surface area contributed by atoms with Crippen molar-refractivity contribution in [2.24, 2.45) is 5.73 Å². The molecular formula is C18H27NS. The smallest absolute Gasteiger partial charge is 0.0386 e. The van der Waals surface area contributed by atoms with Crippen molar-refractivity contribution in [3.8, 4) is 0 Å². The van der Waals surface area contributed by atoms with Crippen molar-refractivity contribution >= 4 is 11.8 Å². The summed E-state index contributed by atoms with van der Waals surface area (Å²) < 4.78 is 0. The Morgan fingerprint density at radius 2 is 1.65 bits per heavy atom. The van der Waals surface area contributed by atoms with Gasteiger partial charge in [-0.2, -0.15) is 11.8 Å². The molecule has 0 aliphatic heterocycles. The summed E-state index contributed by atoms with van der Waals surface area (Å²) >= 11 is 2.10. The zero-order valence-electron chi connectivity index (χ0n) is 12.4. The van der Waals surface area contributed by atoms with Gasteiger partial charge < -0.3 is 5.73 Å². The van der Waals surface area contributed by atoms with E-state index in [4.69, 9.17) is 5.73 Å². The van der Waals surface area contributed by atoms with Crippen LogP contribution >= 0.6 is 11.8 Å². The van der Waals surface area contributed by atoms with Gasteiger partial charge in [-0.05, 0) is 42.7 Å². The molecule has 1 aromatic rings. The number of thioether (sulfide) groups is 1. The monoisotopic (exact) mass is 289 g/mol. The summed E-state index contributed by atoms with van der Waals surface area (Å²) in [5.41, 5.74) is 9.20. The maximum atomic E-state index is 6.36. The molecule has 1 nitrogen and oxygen atoms in total. The van der Waals surface area contributed by atoms with Crippen LogP contribution in [-0.4, -0.2) is 11.0 Å². The number of nitrogens with two attached hydrogens (primary N) is 1. The molecule has 2 aliphatic carbocycles. The summed E-state index contributed by atoms with van der Waals surface area (Å²) in [5.74, 6) is 1.91. The average Bonchev–Trinajstić information content (AvgIpc) is 2.45. The van der Waals surface area contributed by atoms with Gasteiger partial charge in [0.05, 0.1) is 0 Å². The lowest BCUT2D eigenvalue weighted by Gasteiger charge is -2.26. The third-order valence-electron chi connectivity index (χ3n) is 5.00. The lowest BCUT2D eigenvalue weighted by atomic mass is 9.80. The van der Waals surface area contributed by atoms with Gasteiger partial charge in [-0.25, -0.2) is 0 Å². The number of benzene rings is 1. The summed E-state index contributed by atoms with van der Waals surface area (Å²) in [5, 5.41) is 0.865. The molecule has 20 heavy (non-hydrogen) atoms. The first-order valence-electron chi connectivity index (χ1n) is 8.30. The van der Waals surface area contributed by atoms with Gasteiger partial charge >= 0.3 is 0 Å². The Labute approximate surface area is 127 Å². The molecule has 2 heteroatoms. The van der Waals surface area contributed by atoms with E-state index in [9.17, 15) is 0 Å². The van der Waals surface area contributed by atoms with E-state index in [0.717, 1.165) is 16.9 Å². The summed E-state index contributed by atoms with van der Waals surface area (Å²) in [6.07, 6.45) is 11.2. The Hall–Kier alpha value is -0.470. The Morgan fingerprint density at radius 1 is 0.950 bits per heavy atom. The first kappa shape index (κ1) is 14.5. The molecule has 1 atom stereocenters. The lowest BCUT2D eigenvalue weighted by Crippen LogP contribution is -2.17. The zero-order valence-corrected chi connectivity index (χ0v) is 13.2. The van der Waals surface area contributed by atoms with E-state index < -0.39 is 0 Å². The standard InChI is InChI=1S/C18H27NS/c19-18(13-20-17-7-2-1-3-8-17)16-11-9-15(10-12-16)14-5-4-6-14/h9-12,14,17-18H,1-8,13,19H2. The van der Waals surface area contributed by atoms with Gasteiger partial charge in [-0.3, -0.25) is 0 Å². The van der Waals surface area contributed by atoms with Crippen LogP contribution in [0, 0.1) is 0 Å². The Bertz CT molecular complexity index is 404. The highest BCUT2D eigenvalue weighted by Crippen LogP contribution is 2.36. The molecule has 0 radical (unpaired) electrons. The summed E-state index contributed by atoms with van der Waals surface area (Å²) in [4.78, 5) is 0. The second kappa shape index (κ2) is 7.00. The van der Waals surface area contributed by atoms with Crippen molar-refractivity contribution < 1.29 is 0 Å². The summed E-state index contributed by atoms with van der Waals surface area (Å²) in [6, 6.07) is 9.35. The highest BCUT2D eigenvalue weighted by molar-refractivity contribution is 7.99. The van der Waals surface area contributed by atoms with Gasteiger partial charge in [0.1, 0.15) is 0 Å². The molecule has 3 rings (SSSR count). The molecule has 110 valence electrons. The minimum atomic E-state index is 0.206. The molecular weight excluding hydrogens is 262 g/mol. The number of hydrogen-bond acceptors (Lipinski definition) is 2. The molecule has 0 amide bonds. The van der Waals surface area contributed by atoms with E-state index in [2.05, 4.69) is 36.0 Å². The molecule has 1 unspecified atom stereocenters. The second-order valence-corrected chi connectivity index (χ2v) is 7.83. The largest absolute Gasteiger partial charge is 0.323 e. The van der Waals surface area contributed by atoms with Crippen LogP contribution in [0.3, 0.4) is 0 Å². The SMILES string of the molecule is NC(CSC1CCCCC1)c1ccc(C2CCC2)cc1. The zero-order chi connectivity index (χ0) is 13.8. The first-order valence-corrected chi connectivity index (χ1v) is 9.35. The van der Waals surface area contributed by atoms with Crippen LogP contribution in [0.5, 0.6) is 0 Å². The fraction of sp³-hybridized carbons (Fsp3) is 0.667. The predicted molar refractivity (Wildman–Crippen MR) is 89.3 cm³/mol. The Morgan fingerprint density at radius 3 is 2.25 bits per heavy atom. The molecule has 2 fully saturated rings. The van der Waals surface area contributed by atoms with E-state index in [1.54, 1.807) is 0 Å². The first-order chi connectivity index (χ1) is 9.83. The van der Waals surface area contributed by atoms with Crippen LogP contribution in [0.4, 0.5) is 0 Å². The highest BCUT2D eigenvalue weighted by Gasteiger charge is 2.20. The van der Waals surface area contributed by atoms with Gasteiger partial charge in [0, 0.05) is 17.0 Å². The maximum absolute atomic E-state index is 6.36. The van der Waals surface area contributed by atoms with E-state index in [1.807, 2.05) is 0 Å². The predicted octanol–water partition coefficient (Wildman–Crippen LogP) is 5.02. The fourth-order valence-electron chi connectivity index (χ4n) is 3.32. The molecule has 2 N–H and O–H groups in total. The van der Waals surface area contributed by atoms with Crippen molar-refractivity contribution in [2.45, 2.75) is 68.6 Å². The Balaban J connectivity index is 1.49. The molecule has 1 aromatic carbocycles. The minimum Gasteiger partial charge on any atom is -0.323 e. The summed E-state index contributed by atoms with van der Waals surface area (Å²) in [7, 11) is 0. The van der Waals surface area contributed by atoms with Gasteiger partial charge in [-0.15, -0.1) is 0 Å². The third-order valence-corrected chi connectivity index (χ3v) is 6.50. The second-order valence-electron chi connectivity index (χ2n) is 6.49. The van der Waals surface area contributed by atoms with Gasteiger partial charge in [-0.1, -0.05) is 49.9 Å². The van der Waals surface area contributed by atoms with Crippen molar-refractivity contribution in [3.05, 3.63) is 35.4 Å². The molecule has 0 aromatic heterocycles. The molecule has 0 heterocycles. The van der Waals surface area contributed by atoms with E-state index in [-0.39, 0.29) is 6.04 Å². The normalized spacial score (nSPS) is 22.4. The quantitative estimate of drug-likeness (QED) is 0.823. The molecule has 0 saturated heterocycles. The van der Waals surface area contributed by atoms with Crippen molar-refractivity contribution in [3.63, 3.8) is 0 Å². The summed E-state index contributed by atoms with van der Waals surface area (Å²) in [6.45, 7) is 0. The fourth-order valence-corrected chi connectivity index (χ4v) is 4.66. The molecule has 2 aliphatic rings. The van der Waals surface area contributed by atoms with Crippen LogP contribution in [0.15, 0.2) is 24.3 Å². The van der Waals surface area contributed by atoms with Crippen LogP contribution in [-0.2, 0) is 0 Å². The topological polar surface area (TPSA) is 26.0 Å². The lowest BCUT2D eigenvalue weighted by molar-refractivity contribution is 0.419. The average molecular weight is 289 g/mol. The van der Waals surface area contributed by atoms with E-state index in [1.165, 1.54) is 62.5 Å². The van der Waals surface area contributed by atoms with Gasteiger partial charge in [0.25, 0.3) is 0 Å². The maximum Gasteiger partial charge on any atom is 0.0386 e. The molecule has 2 saturated carbocycles. The van der Waals surface area contributed by atoms with Crippen molar-refractivity contribution in [2.75, 3.05) is 5.75 Å². The molecule has 0 bridgehead atoms.